The summed E-state index contributed by atoms with van der Waals surface area (Å²) < 4.78 is 4.62. The van der Waals surface area contributed by atoms with Gasteiger partial charge in [-0.05, 0) is 55.6 Å². The zero-order valence-corrected chi connectivity index (χ0v) is 32.8. The number of hydrogen-bond donors (Lipinski definition) is 0. The average molecular weight is 865 g/mol. The van der Waals surface area contributed by atoms with Gasteiger partial charge in [-0.2, -0.15) is 9.13 Å². The van der Waals surface area contributed by atoms with Crippen LogP contribution in [0.3, 0.4) is 0 Å². The van der Waals surface area contributed by atoms with Crippen LogP contribution < -0.4 is 66.9 Å². The molecule has 48 heavy (non-hydrogen) atoms. The lowest BCUT2D eigenvalue weighted by molar-refractivity contribution is -0.646. The monoisotopic (exact) mass is 864 g/mol. The second-order valence-electron chi connectivity index (χ2n) is 13.0. The Morgan fingerprint density at radius 2 is 0.875 bits per heavy atom. The zero-order valence-electron chi connectivity index (χ0n) is 28.5. The van der Waals surface area contributed by atoms with Crippen LogP contribution in [0.5, 0.6) is 0 Å². The molecule has 0 aliphatic carbocycles. The van der Waals surface area contributed by atoms with Crippen molar-refractivity contribution in [1.82, 2.24) is 9.80 Å². The third-order valence-electron chi connectivity index (χ3n) is 9.92. The molecule has 2 aliphatic heterocycles. The van der Waals surface area contributed by atoms with E-state index in [9.17, 15) is 0 Å². The van der Waals surface area contributed by atoms with Crippen LogP contribution >= 0.6 is 0 Å². The molecule has 250 valence electrons. The van der Waals surface area contributed by atoms with E-state index in [1.165, 1.54) is 55.7 Å². The molecule has 2 fully saturated rings. The molecule has 5 aromatic rings. The van der Waals surface area contributed by atoms with E-state index in [1.54, 1.807) is 0 Å². The number of benzene rings is 3. The molecule has 0 spiro atoms. The van der Waals surface area contributed by atoms with Crippen LogP contribution in [0.4, 0.5) is 11.4 Å². The first-order valence-corrected chi connectivity index (χ1v) is 16.6. The average Bonchev–Trinajstić information content (AvgIpc) is 3.09. The fraction of sp³-hybridized carbons (Fsp3) is 0.300. The van der Waals surface area contributed by atoms with Gasteiger partial charge in [0.2, 0.25) is 22.4 Å². The Morgan fingerprint density at radius 3 is 1.29 bits per heavy atom. The summed E-state index contributed by atoms with van der Waals surface area (Å²) in [5.41, 5.74) is 9.97. The number of aryl methyl sites for hydroxylation is 2. The van der Waals surface area contributed by atoms with E-state index in [4.69, 9.17) is 0 Å². The highest BCUT2D eigenvalue weighted by Crippen LogP contribution is 2.29. The predicted octanol–water partition coefficient (Wildman–Crippen LogP) is -0.506. The van der Waals surface area contributed by atoms with Crippen molar-refractivity contribution in [3.63, 3.8) is 0 Å². The van der Waals surface area contributed by atoms with Gasteiger partial charge >= 0.3 is 0 Å². The molecule has 2 aliphatic rings. The minimum absolute atomic E-state index is 0. The molecule has 0 amide bonds. The summed E-state index contributed by atoms with van der Waals surface area (Å²) in [6.07, 6.45) is 9.02. The number of likely N-dealkylation sites (N-methyl/N-ethyl adjacent to an activating group) is 2. The number of halogens is 2. The second kappa shape index (κ2) is 16.1. The lowest BCUT2D eigenvalue weighted by atomic mass is 10.1. The van der Waals surface area contributed by atoms with Crippen LogP contribution in [0, 0.1) is 0 Å². The minimum atomic E-state index is 0. The Bertz CT molecular complexity index is 1800. The van der Waals surface area contributed by atoms with Gasteiger partial charge in [0, 0.05) is 88.8 Å². The van der Waals surface area contributed by atoms with E-state index in [2.05, 4.69) is 166 Å². The van der Waals surface area contributed by atoms with Crippen molar-refractivity contribution in [3.05, 3.63) is 107 Å². The van der Waals surface area contributed by atoms with E-state index in [0.717, 1.165) is 52.4 Å². The van der Waals surface area contributed by atoms with Gasteiger partial charge in [0.25, 0.3) is 0 Å². The van der Waals surface area contributed by atoms with Gasteiger partial charge in [0.15, 0.2) is 0 Å². The van der Waals surface area contributed by atoms with E-state index in [0.29, 0.717) is 0 Å². The number of fused-ring (bicyclic) bond motifs is 2. The SMILES string of the molecule is CN1CCN(c2cc(/C=C/c3cccc(/C=C/c4cc(N5CCN(C)CC5)c5ccccc5[n+]4C)c3)[n+](C)c3ccccc23)CC1.[I-].[I-]. The third-order valence-corrected chi connectivity index (χ3v) is 9.92. The Morgan fingerprint density at radius 1 is 0.479 bits per heavy atom. The topological polar surface area (TPSA) is 20.7 Å². The molecular formula is C40H46I2N6. The zero-order chi connectivity index (χ0) is 31.6. The van der Waals surface area contributed by atoms with Gasteiger partial charge in [-0.3, -0.25) is 0 Å². The molecule has 3 aromatic carbocycles. The van der Waals surface area contributed by atoms with Gasteiger partial charge in [-0.25, -0.2) is 0 Å². The van der Waals surface area contributed by atoms with Gasteiger partial charge in [-0.1, -0.05) is 42.5 Å². The highest BCUT2D eigenvalue weighted by Gasteiger charge is 2.23. The molecule has 0 bridgehead atoms. The summed E-state index contributed by atoms with van der Waals surface area (Å²) in [4.78, 5) is 9.92. The van der Waals surface area contributed by atoms with Crippen molar-refractivity contribution < 1.29 is 57.1 Å². The number of aromatic nitrogens is 2. The summed E-state index contributed by atoms with van der Waals surface area (Å²) in [6, 6.07) is 31.1. The Kier molecular flexibility index (Phi) is 12.2. The standard InChI is InChI=1S/C40H46N6.2HI/c1-41-20-24-45(25-21-41)39-29-33(43(3)37-14-7-5-12-35(37)39)18-16-31-10-9-11-32(28-31)17-19-34-30-40(46-26-22-42(2)23-27-46)36-13-6-8-15-38(36)44(34)4;;/h5-19,28-30H,20-27H2,1-4H3;2*1H/q+2;;/p-2/b18-16+,19-17+;;. The van der Waals surface area contributed by atoms with Crippen LogP contribution in [-0.2, 0) is 14.1 Å². The molecule has 0 N–H and O–H groups in total. The third kappa shape index (κ3) is 7.72. The largest absolute Gasteiger partial charge is 1.00 e. The number of hydrogen-bond acceptors (Lipinski definition) is 4. The summed E-state index contributed by atoms with van der Waals surface area (Å²) >= 11 is 0. The van der Waals surface area contributed by atoms with Crippen LogP contribution in [0.15, 0.2) is 84.9 Å². The summed E-state index contributed by atoms with van der Waals surface area (Å²) in [6.45, 7) is 8.58. The van der Waals surface area contributed by atoms with E-state index in [1.807, 2.05) is 0 Å². The maximum absolute atomic E-state index is 2.55. The lowest BCUT2D eigenvalue weighted by Gasteiger charge is -2.34. The van der Waals surface area contributed by atoms with Gasteiger partial charge < -0.3 is 67.6 Å². The maximum atomic E-state index is 2.55. The summed E-state index contributed by atoms with van der Waals surface area (Å²) in [5.74, 6) is 0. The van der Waals surface area contributed by atoms with Crippen molar-refractivity contribution in [3.8, 4) is 0 Å². The Labute approximate surface area is 320 Å². The summed E-state index contributed by atoms with van der Waals surface area (Å²) in [7, 11) is 8.78. The number of piperazine rings is 2. The van der Waals surface area contributed by atoms with Crippen molar-refractivity contribution >= 4 is 57.5 Å². The number of pyridine rings is 2. The second-order valence-corrected chi connectivity index (χ2v) is 13.0. The summed E-state index contributed by atoms with van der Waals surface area (Å²) in [5, 5.41) is 2.63. The fourth-order valence-corrected chi connectivity index (χ4v) is 6.94. The van der Waals surface area contributed by atoms with Gasteiger partial charge in [-0.15, -0.1) is 0 Å². The molecular weight excluding hydrogens is 818 g/mol. The van der Waals surface area contributed by atoms with Crippen molar-refractivity contribution in [2.75, 3.05) is 76.3 Å². The molecule has 7 rings (SSSR count). The quantitative estimate of drug-likeness (QED) is 0.170. The molecule has 6 nitrogen and oxygen atoms in total. The normalized spacial score (nSPS) is 16.2. The molecule has 8 heteroatoms. The van der Waals surface area contributed by atoms with Gasteiger partial charge in [0.1, 0.15) is 14.1 Å². The van der Waals surface area contributed by atoms with E-state index < -0.39 is 0 Å². The van der Waals surface area contributed by atoms with E-state index >= 15 is 0 Å². The Balaban J connectivity index is 0.00000225. The Hall–Kier alpha value is -3.06. The molecule has 0 unspecified atom stereocenters. The first kappa shape index (κ1) is 36.2. The first-order chi connectivity index (χ1) is 22.4. The van der Waals surface area contributed by atoms with Crippen LogP contribution in [-0.4, -0.2) is 76.3 Å². The molecule has 0 saturated carbocycles. The number of rotatable bonds is 6. The maximum Gasteiger partial charge on any atom is 0.214 e. The predicted molar refractivity (Wildman–Crippen MR) is 194 cm³/mol. The van der Waals surface area contributed by atoms with Crippen LogP contribution in [0.25, 0.3) is 46.1 Å². The van der Waals surface area contributed by atoms with Crippen LogP contribution in [0.2, 0.25) is 0 Å². The molecule has 2 aromatic heterocycles. The first-order valence-electron chi connectivity index (χ1n) is 16.6. The van der Waals surface area contributed by atoms with Crippen molar-refractivity contribution in [2.24, 2.45) is 14.1 Å². The van der Waals surface area contributed by atoms with Crippen molar-refractivity contribution in [2.45, 2.75) is 0 Å². The fourth-order valence-electron chi connectivity index (χ4n) is 6.94. The highest BCUT2D eigenvalue weighted by molar-refractivity contribution is 5.92. The number of anilines is 2. The van der Waals surface area contributed by atoms with Crippen molar-refractivity contribution in [1.29, 1.82) is 0 Å². The number of para-hydroxylation sites is 2. The smallest absolute Gasteiger partial charge is 0.214 e. The molecule has 0 radical (unpaired) electrons. The minimum Gasteiger partial charge on any atom is -1.00 e. The van der Waals surface area contributed by atoms with E-state index in [-0.39, 0.29) is 48.0 Å². The highest BCUT2D eigenvalue weighted by atomic mass is 127. The van der Waals surface area contributed by atoms with Crippen LogP contribution in [0.1, 0.15) is 22.5 Å². The molecule has 0 atom stereocenters. The molecule has 2 saturated heterocycles. The lowest BCUT2D eigenvalue weighted by Crippen LogP contribution is -3.00. The molecule has 4 heterocycles. The van der Waals surface area contributed by atoms with Gasteiger partial charge in [0.05, 0.1) is 22.1 Å². The number of nitrogens with zero attached hydrogens (tertiary/aromatic N) is 6.